The molecule has 2 rings (SSSR count). The van der Waals surface area contributed by atoms with Crippen LogP contribution in [0.4, 0.5) is 15.8 Å². The van der Waals surface area contributed by atoms with Crippen LogP contribution in [0, 0.1) is 5.82 Å². The summed E-state index contributed by atoms with van der Waals surface area (Å²) in [5, 5.41) is 2.46. The number of rotatable bonds is 2. The summed E-state index contributed by atoms with van der Waals surface area (Å²) < 4.78 is 17.9. The van der Waals surface area contributed by atoms with Crippen LogP contribution >= 0.6 is 11.6 Å². The lowest BCUT2D eigenvalue weighted by atomic mass is 10.2. The van der Waals surface area contributed by atoms with Crippen molar-refractivity contribution >= 4 is 28.9 Å². The molecule has 1 amide bonds. The van der Waals surface area contributed by atoms with Gasteiger partial charge in [0.2, 0.25) is 5.22 Å². The van der Waals surface area contributed by atoms with Crippen LogP contribution in [0.15, 0.2) is 34.9 Å². The molecule has 4 nitrogen and oxygen atoms in total. The van der Waals surface area contributed by atoms with Crippen molar-refractivity contribution in [2.45, 2.75) is 0 Å². The Morgan fingerprint density at radius 3 is 2.76 bits per heavy atom. The number of furan rings is 1. The summed E-state index contributed by atoms with van der Waals surface area (Å²) in [6.45, 7) is 0. The van der Waals surface area contributed by atoms with E-state index in [2.05, 4.69) is 5.32 Å². The Hall–Kier alpha value is -2.01. The molecule has 0 fully saturated rings. The standard InChI is InChI=1S/C11H8ClFN2O2/c12-10-7(3-4-17-10)11(16)15-6-1-2-9(14)8(13)5-6/h1-5H,14H2,(H,15,16). The molecule has 6 heteroatoms. The quantitative estimate of drug-likeness (QED) is 0.810. The van der Waals surface area contributed by atoms with Crippen molar-refractivity contribution in [3.05, 3.63) is 47.1 Å². The Balaban J connectivity index is 2.19. The predicted octanol–water partition coefficient (Wildman–Crippen LogP) is 2.91. The third kappa shape index (κ3) is 2.39. The van der Waals surface area contributed by atoms with Crippen LogP contribution < -0.4 is 11.1 Å². The van der Waals surface area contributed by atoms with Crippen LogP contribution in [0.2, 0.25) is 5.22 Å². The zero-order chi connectivity index (χ0) is 12.4. The van der Waals surface area contributed by atoms with Crippen molar-refractivity contribution in [2.75, 3.05) is 11.1 Å². The monoisotopic (exact) mass is 254 g/mol. The van der Waals surface area contributed by atoms with Gasteiger partial charge in [-0.25, -0.2) is 4.39 Å². The number of nitrogens with two attached hydrogens (primary N) is 1. The molecule has 0 spiro atoms. The molecule has 17 heavy (non-hydrogen) atoms. The average Bonchev–Trinajstić information content (AvgIpc) is 2.70. The normalized spacial score (nSPS) is 10.2. The van der Waals surface area contributed by atoms with E-state index in [9.17, 15) is 9.18 Å². The van der Waals surface area contributed by atoms with Crippen molar-refractivity contribution in [1.29, 1.82) is 0 Å². The first-order chi connectivity index (χ1) is 8.08. The van der Waals surface area contributed by atoms with Gasteiger partial charge in [0.25, 0.3) is 5.91 Å². The van der Waals surface area contributed by atoms with E-state index in [1.165, 1.54) is 24.5 Å². The van der Waals surface area contributed by atoms with E-state index in [0.717, 1.165) is 6.07 Å². The highest BCUT2D eigenvalue weighted by molar-refractivity contribution is 6.32. The van der Waals surface area contributed by atoms with Crippen molar-refractivity contribution in [2.24, 2.45) is 0 Å². The topological polar surface area (TPSA) is 68.3 Å². The first-order valence-corrected chi connectivity index (χ1v) is 5.05. The fourth-order valence-corrected chi connectivity index (χ4v) is 1.46. The van der Waals surface area contributed by atoms with Crippen LogP contribution in [0.5, 0.6) is 0 Å². The fraction of sp³-hybridized carbons (Fsp3) is 0. The number of benzene rings is 1. The average molecular weight is 255 g/mol. The van der Waals surface area contributed by atoms with Crippen LogP contribution in [-0.4, -0.2) is 5.91 Å². The number of hydrogen-bond donors (Lipinski definition) is 2. The predicted molar refractivity (Wildman–Crippen MR) is 62.5 cm³/mol. The molecule has 0 atom stereocenters. The molecule has 1 aromatic heterocycles. The largest absolute Gasteiger partial charge is 0.452 e. The summed E-state index contributed by atoms with van der Waals surface area (Å²) in [5.41, 5.74) is 5.81. The van der Waals surface area contributed by atoms with Crippen molar-refractivity contribution in [3.8, 4) is 0 Å². The molecular formula is C11H8ClFN2O2. The van der Waals surface area contributed by atoms with E-state index in [4.69, 9.17) is 21.8 Å². The van der Waals surface area contributed by atoms with E-state index in [1.54, 1.807) is 0 Å². The lowest BCUT2D eigenvalue weighted by molar-refractivity contribution is 0.102. The summed E-state index contributed by atoms with van der Waals surface area (Å²) >= 11 is 5.64. The zero-order valence-electron chi connectivity index (χ0n) is 8.54. The number of halogens is 2. The fourth-order valence-electron chi connectivity index (χ4n) is 1.26. The molecule has 2 aromatic rings. The Kier molecular flexibility index (Phi) is 3.01. The van der Waals surface area contributed by atoms with Crippen molar-refractivity contribution in [1.82, 2.24) is 0 Å². The second kappa shape index (κ2) is 4.47. The zero-order valence-corrected chi connectivity index (χ0v) is 9.29. The Bertz CT molecular complexity index is 568. The minimum atomic E-state index is -0.596. The Morgan fingerprint density at radius 1 is 1.41 bits per heavy atom. The Labute approximate surface area is 101 Å². The lowest BCUT2D eigenvalue weighted by Crippen LogP contribution is -2.11. The first kappa shape index (κ1) is 11.5. The van der Waals surface area contributed by atoms with E-state index < -0.39 is 11.7 Å². The number of carbonyl (C=O) groups is 1. The van der Waals surface area contributed by atoms with Gasteiger partial charge in [0.05, 0.1) is 17.5 Å². The minimum Gasteiger partial charge on any atom is -0.452 e. The highest BCUT2D eigenvalue weighted by Gasteiger charge is 2.13. The van der Waals surface area contributed by atoms with Crippen molar-refractivity contribution < 1.29 is 13.6 Å². The SMILES string of the molecule is Nc1ccc(NC(=O)c2ccoc2Cl)cc1F. The van der Waals surface area contributed by atoms with Gasteiger partial charge in [-0.15, -0.1) is 0 Å². The van der Waals surface area contributed by atoms with E-state index in [0.29, 0.717) is 5.69 Å². The van der Waals surface area contributed by atoms with E-state index in [-0.39, 0.29) is 16.5 Å². The van der Waals surface area contributed by atoms with Crippen LogP contribution in [0.1, 0.15) is 10.4 Å². The molecule has 88 valence electrons. The Morgan fingerprint density at radius 2 is 2.18 bits per heavy atom. The number of hydrogen-bond acceptors (Lipinski definition) is 3. The summed E-state index contributed by atoms with van der Waals surface area (Å²) in [4.78, 5) is 11.7. The highest BCUT2D eigenvalue weighted by Crippen LogP contribution is 2.20. The van der Waals surface area contributed by atoms with Crippen LogP contribution in [0.25, 0.3) is 0 Å². The van der Waals surface area contributed by atoms with Crippen LogP contribution in [-0.2, 0) is 0 Å². The number of nitrogens with one attached hydrogen (secondary N) is 1. The summed E-state index contributed by atoms with van der Waals surface area (Å²) in [7, 11) is 0. The second-order valence-corrected chi connectivity index (χ2v) is 3.64. The summed E-state index contributed by atoms with van der Waals surface area (Å²) in [6, 6.07) is 5.40. The smallest absolute Gasteiger partial charge is 0.260 e. The minimum absolute atomic E-state index is 0.0154. The van der Waals surface area contributed by atoms with Crippen LogP contribution in [0.3, 0.4) is 0 Å². The molecule has 0 radical (unpaired) electrons. The van der Waals surface area contributed by atoms with Gasteiger partial charge in [-0.2, -0.15) is 0 Å². The third-order valence-electron chi connectivity index (χ3n) is 2.12. The van der Waals surface area contributed by atoms with Gasteiger partial charge in [0.15, 0.2) is 0 Å². The van der Waals surface area contributed by atoms with Gasteiger partial charge in [0, 0.05) is 5.69 Å². The highest BCUT2D eigenvalue weighted by atomic mass is 35.5. The molecular weight excluding hydrogens is 247 g/mol. The van der Waals surface area contributed by atoms with Gasteiger partial charge in [-0.1, -0.05) is 0 Å². The van der Waals surface area contributed by atoms with Gasteiger partial charge >= 0.3 is 0 Å². The molecule has 0 aliphatic heterocycles. The molecule has 0 unspecified atom stereocenters. The molecule has 0 aliphatic carbocycles. The summed E-state index contributed by atoms with van der Waals surface area (Å²) in [5.74, 6) is -1.07. The first-order valence-electron chi connectivity index (χ1n) is 4.67. The lowest BCUT2D eigenvalue weighted by Gasteiger charge is -2.04. The second-order valence-electron chi connectivity index (χ2n) is 3.30. The molecule has 1 heterocycles. The molecule has 0 saturated heterocycles. The molecule has 3 N–H and O–H groups in total. The maximum Gasteiger partial charge on any atom is 0.260 e. The molecule has 0 aliphatic rings. The number of carbonyl (C=O) groups excluding carboxylic acids is 1. The van der Waals surface area contributed by atoms with Gasteiger partial charge in [0.1, 0.15) is 5.82 Å². The number of amides is 1. The van der Waals surface area contributed by atoms with E-state index in [1.807, 2.05) is 0 Å². The number of anilines is 2. The van der Waals surface area contributed by atoms with Gasteiger partial charge in [-0.05, 0) is 35.9 Å². The van der Waals surface area contributed by atoms with Gasteiger partial charge in [-0.3, -0.25) is 4.79 Å². The molecule has 0 saturated carbocycles. The van der Waals surface area contributed by atoms with Crippen molar-refractivity contribution in [3.63, 3.8) is 0 Å². The number of nitrogen functional groups attached to an aromatic ring is 1. The van der Waals surface area contributed by atoms with Gasteiger partial charge < -0.3 is 15.5 Å². The maximum atomic E-state index is 13.1. The van der Waals surface area contributed by atoms with E-state index >= 15 is 0 Å². The summed E-state index contributed by atoms with van der Waals surface area (Å²) in [6.07, 6.45) is 1.29. The third-order valence-corrected chi connectivity index (χ3v) is 2.41. The molecule has 1 aromatic carbocycles. The molecule has 0 bridgehead atoms. The maximum absolute atomic E-state index is 13.1.